The highest BCUT2D eigenvalue weighted by Crippen LogP contribution is 2.30. The minimum atomic E-state index is -3.96. The first-order chi connectivity index (χ1) is 16.3. The number of rotatable bonds is 7. The molecule has 0 heterocycles. The van der Waals surface area contributed by atoms with Crippen LogP contribution in [0.5, 0.6) is 0 Å². The van der Waals surface area contributed by atoms with Gasteiger partial charge in [-0.2, -0.15) is 0 Å². The fourth-order valence-corrected chi connectivity index (χ4v) is 5.24. The molecule has 7 heteroatoms. The van der Waals surface area contributed by atoms with Gasteiger partial charge in [-0.3, -0.25) is 9.10 Å². The quantitative estimate of drug-likeness (QED) is 0.298. The van der Waals surface area contributed by atoms with Gasteiger partial charge in [0.1, 0.15) is 0 Å². The molecule has 0 atom stereocenters. The van der Waals surface area contributed by atoms with Crippen LogP contribution in [0.1, 0.15) is 21.5 Å². The van der Waals surface area contributed by atoms with E-state index in [0.29, 0.717) is 11.4 Å². The molecule has 0 fully saturated rings. The van der Waals surface area contributed by atoms with Gasteiger partial charge in [0.15, 0.2) is 0 Å². The van der Waals surface area contributed by atoms with Crippen molar-refractivity contribution in [1.82, 2.24) is 0 Å². The molecular weight excluding hydrogens is 512 g/mol. The molecule has 4 aromatic carbocycles. The van der Waals surface area contributed by atoms with Gasteiger partial charge in [0.25, 0.3) is 15.9 Å². The number of anilines is 2. The van der Waals surface area contributed by atoms with Crippen molar-refractivity contribution in [2.75, 3.05) is 9.62 Å². The number of para-hydroxylation sites is 1. The number of nitrogens with one attached hydrogen (secondary N) is 1. The second-order valence-electron chi connectivity index (χ2n) is 7.79. The van der Waals surface area contributed by atoms with Crippen molar-refractivity contribution in [2.24, 2.45) is 0 Å². The van der Waals surface area contributed by atoms with Crippen molar-refractivity contribution in [3.8, 4) is 0 Å². The zero-order valence-corrected chi connectivity index (χ0v) is 20.9. The summed E-state index contributed by atoms with van der Waals surface area (Å²) in [5.74, 6) is -0.393. The van der Waals surface area contributed by atoms with Gasteiger partial charge in [-0.25, -0.2) is 8.42 Å². The Labute approximate surface area is 208 Å². The molecule has 1 N–H and O–H groups in total. The molecule has 0 spiro atoms. The lowest BCUT2D eigenvalue weighted by Gasteiger charge is -2.26. The van der Waals surface area contributed by atoms with Crippen LogP contribution in [0, 0.1) is 6.92 Å². The predicted molar refractivity (Wildman–Crippen MR) is 140 cm³/mol. The number of hydrogen-bond donors (Lipinski definition) is 1. The summed E-state index contributed by atoms with van der Waals surface area (Å²) in [5, 5.41) is 2.86. The molecule has 34 heavy (non-hydrogen) atoms. The third-order valence-electron chi connectivity index (χ3n) is 5.30. The molecule has 172 valence electrons. The summed E-state index contributed by atoms with van der Waals surface area (Å²) in [7, 11) is -3.96. The Morgan fingerprint density at radius 1 is 0.824 bits per heavy atom. The van der Waals surface area contributed by atoms with Gasteiger partial charge in [-0.1, -0.05) is 76.1 Å². The third kappa shape index (κ3) is 5.38. The van der Waals surface area contributed by atoms with Crippen LogP contribution in [-0.2, 0) is 16.6 Å². The van der Waals surface area contributed by atoms with Gasteiger partial charge in [0.05, 0.1) is 22.7 Å². The molecule has 0 bridgehead atoms. The Kier molecular flexibility index (Phi) is 7.14. The third-order valence-corrected chi connectivity index (χ3v) is 7.60. The molecule has 4 aromatic rings. The Balaban J connectivity index is 1.78. The van der Waals surface area contributed by atoms with Crippen LogP contribution in [0.2, 0.25) is 0 Å². The fourth-order valence-electron chi connectivity index (χ4n) is 3.50. The molecule has 0 aliphatic rings. The number of amides is 1. The van der Waals surface area contributed by atoms with E-state index in [1.54, 1.807) is 60.7 Å². The maximum atomic E-state index is 13.8. The summed E-state index contributed by atoms with van der Waals surface area (Å²) in [6.07, 6.45) is 0. The van der Waals surface area contributed by atoms with E-state index in [9.17, 15) is 13.2 Å². The number of nitrogens with zero attached hydrogens (tertiary/aromatic N) is 1. The second kappa shape index (κ2) is 10.2. The van der Waals surface area contributed by atoms with Crippen molar-refractivity contribution in [3.63, 3.8) is 0 Å². The minimum Gasteiger partial charge on any atom is -0.322 e. The van der Waals surface area contributed by atoms with Gasteiger partial charge in [0.2, 0.25) is 0 Å². The molecule has 4 rings (SSSR count). The van der Waals surface area contributed by atoms with Gasteiger partial charge in [-0.15, -0.1) is 0 Å². The molecule has 0 aliphatic heterocycles. The number of aryl methyl sites for hydroxylation is 1. The average molecular weight is 535 g/mol. The summed E-state index contributed by atoms with van der Waals surface area (Å²) < 4.78 is 29.8. The first kappa shape index (κ1) is 23.7. The van der Waals surface area contributed by atoms with Crippen molar-refractivity contribution in [1.29, 1.82) is 0 Å². The van der Waals surface area contributed by atoms with Gasteiger partial charge >= 0.3 is 0 Å². The number of carbonyl (C=O) groups excluding carboxylic acids is 1. The number of halogens is 1. The highest BCUT2D eigenvalue weighted by molar-refractivity contribution is 9.10. The number of sulfonamides is 1. The molecule has 0 radical (unpaired) electrons. The maximum absolute atomic E-state index is 13.8. The van der Waals surface area contributed by atoms with Crippen LogP contribution in [0.4, 0.5) is 11.4 Å². The summed E-state index contributed by atoms with van der Waals surface area (Å²) in [6.45, 7) is 1.99. The topological polar surface area (TPSA) is 66.5 Å². The highest BCUT2D eigenvalue weighted by Gasteiger charge is 2.28. The Bertz CT molecular complexity index is 1390. The molecule has 0 aromatic heterocycles. The Hall–Kier alpha value is -3.42. The lowest BCUT2D eigenvalue weighted by atomic mass is 10.1. The summed E-state index contributed by atoms with van der Waals surface area (Å²) in [5.41, 5.74) is 2.95. The van der Waals surface area contributed by atoms with E-state index in [0.717, 1.165) is 15.6 Å². The minimum absolute atomic E-state index is 0.0830. The van der Waals surface area contributed by atoms with E-state index in [2.05, 4.69) is 21.2 Å². The molecule has 1 amide bonds. The fraction of sp³-hybridized carbons (Fsp3) is 0.0741. The normalized spacial score (nSPS) is 11.1. The number of benzene rings is 4. The lowest BCUT2D eigenvalue weighted by molar-refractivity contribution is 0.102. The number of carbonyl (C=O) groups is 1. The van der Waals surface area contributed by atoms with Crippen LogP contribution in [0.25, 0.3) is 0 Å². The summed E-state index contributed by atoms with van der Waals surface area (Å²) >= 11 is 3.38. The van der Waals surface area contributed by atoms with Crippen LogP contribution in [-0.4, -0.2) is 14.3 Å². The lowest BCUT2D eigenvalue weighted by Crippen LogP contribution is -2.32. The molecule has 0 aliphatic carbocycles. The smallest absolute Gasteiger partial charge is 0.264 e. The number of hydrogen-bond acceptors (Lipinski definition) is 3. The van der Waals surface area contributed by atoms with Crippen LogP contribution < -0.4 is 9.62 Å². The SMILES string of the molecule is Cc1ccc(S(=O)(=O)N(Cc2ccccc2)c2ccccc2C(=O)Nc2ccc(Br)cc2)cc1. The molecule has 0 unspecified atom stereocenters. The second-order valence-corrected chi connectivity index (χ2v) is 10.6. The van der Waals surface area contributed by atoms with Crippen LogP contribution >= 0.6 is 15.9 Å². The van der Waals surface area contributed by atoms with Crippen molar-refractivity contribution >= 4 is 43.2 Å². The van der Waals surface area contributed by atoms with Crippen molar-refractivity contribution < 1.29 is 13.2 Å². The predicted octanol–water partition coefficient (Wildman–Crippen LogP) is 6.41. The van der Waals surface area contributed by atoms with E-state index < -0.39 is 15.9 Å². The zero-order chi connectivity index (χ0) is 24.1. The molecule has 0 saturated carbocycles. The Morgan fingerprint density at radius 2 is 1.44 bits per heavy atom. The zero-order valence-electron chi connectivity index (χ0n) is 18.5. The van der Waals surface area contributed by atoms with E-state index >= 15 is 0 Å². The van der Waals surface area contributed by atoms with E-state index in [1.807, 2.05) is 49.4 Å². The standard InChI is InChI=1S/C27H23BrN2O3S/c1-20-11-17-24(18-12-20)34(32,33)30(19-21-7-3-2-4-8-21)26-10-6-5-9-25(26)27(31)29-23-15-13-22(28)14-16-23/h2-18H,19H2,1H3,(H,29,31). The van der Waals surface area contributed by atoms with Crippen LogP contribution in [0.3, 0.4) is 0 Å². The monoisotopic (exact) mass is 534 g/mol. The summed E-state index contributed by atoms with van der Waals surface area (Å²) in [4.78, 5) is 13.4. The van der Waals surface area contributed by atoms with E-state index in [1.165, 1.54) is 4.31 Å². The van der Waals surface area contributed by atoms with Gasteiger partial charge in [0, 0.05) is 10.2 Å². The van der Waals surface area contributed by atoms with Crippen LogP contribution in [0.15, 0.2) is 112 Å². The molecule has 5 nitrogen and oxygen atoms in total. The molecular formula is C27H23BrN2O3S. The average Bonchev–Trinajstić information content (AvgIpc) is 2.85. The van der Waals surface area contributed by atoms with Gasteiger partial charge < -0.3 is 5.32 Å². The van der Waals surface area contributed by atoms with Crippen molar-refractivity contribution in [2.45, 2.75) is 18.4 Å². The van der Waals surface area contributed by atoms with Crippen molar-refractivity contribution in [3.05, 3.63) is 124 Å². The first-order valence-electron chi connectivity index (χ1n) is 10.6. The van der Waals surface area contributed by atoms with Gasteiger partial charge in [-0.05, 0) is 61.0 Å². The Morgan fingerprint density at radius 3 is 2.12 bits per heavy atom. The highest BCUT2D eigenvalue weighted by atomic mass is 79.9. The first-order valence-corrected chi connectivity index (χ1v) is 12.9. The molecule has 0 saturated heterocycles. The largest absolute Gasteiger partial charge is 0.322 e. The maximum Gasteiger partial charge on any atom is 0.264 e. The summed E-state index contributed by atoms with van der Waals surface area (Å²) in [6, 6.07) is 30.0. The van der Waals surface area contributed by atoms with E-state index in [4.69, 9.17) is 0 Å². The van der Waals surface area contributed by atoms with E-state index in [-0.39, 0.29) is 17.0 Å².